The first-order valence-electron chi connectivity index (χ1n) is 6.57. The number of carboxylic acids is 1. The van der Waals surface area contributed by atoms with Crippen LogP contribution in [0.2, 0.25) is 0 Å². The topological polar surface area (TPSA) is 104 Å². The number of sulfone groups is 1. The van der Waals surface area contributed by atoms with Gasteiger partial charge >= 0.3 is 12.0 Å². The van der Waals surface area contributed by atoms with E-state index in [-0.39, 0.29) is 24.2 Å². The summed E-state index contributed by atoms with van der Waals surface area (Å²) in [5.74, 6) is -1.06. The van der Waals surface area contributed by atoms with E-state index < -0.39 is 21.8 Å². The van der Waals surface area contributed by atoms with Crippen LogP contribution in [0.25, 0.3) is 0 Å². The van der Waals surface area contributed by atoms with E-state index in [9.17, 15) is 18.0 Å². The summed E-state index contributed by atoms with van der Waals surface area (Å²) in [5.41, 5.74) is 0. The first-order valence-corrected chi connectivity index (χ1v) is 8.29. The molecule has 2 N–H and O–H groups in total. The van der Waals surface area contributed by atoms with Crippen molar-refractivity contribution in [2.45, 2.75) is 37.8 Å². The van der Waals surface area contributed by atoms with Crippen molar-refractivity contribution in [2.24, 2.45) is 0 Å². The van der Waals surface area contributed by atoms with Crippen molar-refractivity contribution >= 4 is 21.8 Å². The van der Waals surface area contributed by atoms with Crippen molar-refractivity contribution in [3.05, 3.63) is 11.5 Å². The van der Waals surface area contributed by atoms with Gasteiger partial charge in [0.05, 0.1) is 18.2 Å². The average molecular weight is 302 g/mol. The smallest absolute Gasteiger partial charge is 0.318 e. The molecule has 2 aliphatic rings. The minimum atomic E-state index is -3.21. The molecule has 112 valence electrons. The van der Waals surface area contributed by atoms with Crippen LogP contribution in [-0.4, -0.2) is 54.8 Å². The second-order valence-corrected chi connectivity index (χ2v) is 7.09. The van der Waals surface area contributed by atoms with E-state index in [1.165, 1.54) is 11.0 Å². The number of urea groups is 1. The van der Waals surface area contributed by atoms with Gasteiger partial charge in [0.2, 0.25) is 0 Å². The molecule has 2 heterocycles. The molecule has 2 atom stereocenters. The van der Waals surface area contributed by atoms with Gasteiger partial charge in [0.15, 0.2) is 9.84 Å². The van der Waals surface area contributed by atoms with Gasteiger partial charge in [-0.15, -0.1) is 0 Å². The molecule has 8 heteroatoms. The van der Waals surface area contributed by atoms with E-state index >= 15 is 0 Å². The van der Waals surface area contributed by atoms with Crippen molar-refractivity contribution in [1.29, 1.82) is 0 Å². The highest BCUT2D eigenvalue weighted by molar-refractivity contribution is 7.94. The van der Waals surface area contributed by atoms with Gasteiger partial charge in [-0.05, 0) is 25.3 Å². The summed E-state index contributed by atoms with van der Waals surface area (Å²) in [6, 6.07) is -1.23. The molecular formula is C12H18N2O5S. The van der Waals surface area contributed by atoms with E-state index in [0.717, 1.165) is 18.2 Å². The second-order valence-electron chi connectivity index (χ2n) is 5.15. The zero-order valence-corrected chi connectivity index (χ0v) is 11.8. The molecule has 7 nitrogen and oxygen atoms in total. The molecule has 2 unspecified atom stereocenters. The fourth-order valence-electron chi connectivity index (χ4n) is 2.59. The SMILES string of the molecule is O=C(O)CC1CCCCN1C(=O)NC1C=CS(=O)(=O)C1. The Bertz CT molecular complexity index is 528. The average Bonchev–Trinajstić information content (AvgIpc) is 2.68. The molecule has 2 amide bonds. The third kappa shape index (κ3) is 3.72. The van der Waals surface area contributed by atoms with Gasteiger partial charge in [-0.25, -0.2) is 13.2 Å². The highest BCUT2D eigenvalue weighted by atomic mass is 32.2. The molecule has 0 radical (unpaired) electrons. The molecule has 0 bridgehead atoms. The van der Waals surface area contributed by atoms with E-state index in [2.05, 4.69) is 5.32 Å². The van der Waals surface area contributed by atoms with Crippen molar-refractivity contribution in [3.8, 4) is 0 Å². The van der Waals surface area contributed by atoms with Crippen molar-refractivity contribution < 1.29 is 23.1 Å². The Labute approximate surface area is 117 Å². The van der Waals surface area contributed by atoms with Gasteiger partial charge in [0.25, 0.3) is 0 Å². The molecular weight excluding hydrogens is 284 g/mol. The number of nitrogens with zero attached hydrogens (tertiary/aromatic N) is 1. The maximum atomic E-state index is 12.2. The number of hydrogen-bond acceptors (Lipinski definition) is 4. The quantitative estimate of drug-likeness (QED) is 0.782. The van der Waals surface area contributed by atoms with Crippen molar-refractivity contribution in [3.63, 3.8) is 0 Å². The Morgan fingerprint density at radius 1 is 1.35 bits per heavy atom. The van der Waals surface area contributed by atoms with Crippen LogP contribution >= 0.6 is 0 Å². The van der Waals surface area contributed by atoms with Crippen LogP contribution < -0.4 is 5.32 Å². The zero-order valence-electron chi connectivity index (χ0n) is 11.0. The number of likely N-dealkylation sites (tertiary alicyclic amines) is 1. The number of carboxylic acid groups (broad SMARTS) is 1. The van der Waals surface area contributed by atoms with Crippen LogP contribution in [0.1, 0.15) is 25.7 Å². The van der Waals surface area contributed by atoms with Gasteiger partial charge in [0.1, 0.15) is 0 Å². The normalized spacial score (nSPS) is 28.3. The fourth-order valence-corrected chi connectivity index (χ4v) is 3.82. The molecule has 0 aromatic rings. The minimum Gasteiger partial charge on any atom is -0.481 e. The molecule has 0 aromatic heterocycles. The summed E-state index contributed by atoms with van der Waals surface area (Å²) in [7, 11) is -3.21. The third-order valence-electron chi connectivity index (χ3n) is 3.54. The van der Waals surface area contributed by atoms with Crippen LogP contribution in [0, 0.1) is 0 Å². The summed E-state index contributed by atoms with van der Waals surface area (Å²) in [5, 5.41) is 12.6. The lowest BCUT2D eigenvalue weighted by atomic mass is 10.00. The first-order chi connectivity index (χ1) is 9.37. The van der Waals surface area contributed by atoms with Gasteiger partial charge in [0, 0.05) is 18.0 Å². The Hall–Kier alpha value is -1.57. The monoisotopic (exact) mass is 302 g/mol. The molecule has 0 saturated carbocycles. The summed E-state index contributed by atoms with van der Waals surface area (Å²) >= 11 is 0. The Kier molecular flexibility index (Phi) is 4.32. The first kappa shape index (κ1) is 14.8. The van der Waals surface area contributed by atoms with Crippen molar-refractivity contribution in [1.82, 2.24) is 10.2 Å². The Morgan fingerprint density at radius 3 is 2.70 bits per heavy atom. The number of rotatable bonds is 3. The van der Waals surface area contributed by atoms with Gasteiger partial charge in [-0.2, -0.15) is 0 Å². The predicted octanol–water partition coefficient (Wildman–Crippen LogP) is 0.336. The maximum Gasteiger partial charge on any atom is 0.318 e. The third-order valence-corrected chi connectivity index (χ3v) is 4.93. The molecule has 2 rings (SSSR count). The molecule has 20 heavy (non-hydrogen) atoms. The summed E-state index contributed by atoms with van der Waals surface area (Å²) in [6.45, 7) is 0.507. The largest absolute Gasteiger partial charge is 0.481 e. The zero-order chi connectivity index (χ0) is 14.8. The lowest BCUT2D eigenvalue weighted by Gasteiger charge is -2.35. The van der Waals surface area contributed by atoms with E-state index in [1.807, 2.05) is 0 Å². The molecule has 1 fully saturated rings. The number of nitrogens with one attached hydrogen (secondary N) is 1. The number of carbonyl (C=O) groups is 2. The lowest BCUT2D eigenvalue weighted by Crippen LogP contribution is -2.51. The number of hydrogen-bond donors (Lipinski definition) is 2. The molecule has 1 saturated heterocycles. The fraction of sp³-hybridized carbons (Fsp3) is 0.667. The van der Waals surface area contributed by atoms with Gasteiger partial charge < -0.3 is 15.3 Å². The summed E-state index contributed by atoms with van der Waals surface area (Å²) in [4.78, 5) is 24.5. The highest BCUT2D eigenvalue weighted by Gasteiger charge is 2.31. The van der Waals surface area contributed by atoms with Gasteiger partial charge in [-0.3, -0.25) is 4.79 Å². The number of carbonyl (C=O) groups excluding carboxylic acids is 1. The van der Waals surface area contributed by atoms with Crippen LogP contribution in [0.3, 0.4) is 0 Å². The second kappa shape index (κ2) is 5.82. The predicted molar refractivity (Wildman–Crippen MR) is 71.8 cm³/mol. The Balaban J connectivity index is 1.96. The van der Waals surface area contributed by atoms with Gasteiger partial charge in [-0.1, -0.05) is 0 Å². The molecule has 2 aliphatic heterocycles. The van der Waals surface area contributed by atoms with E-state index in [0.29, 0.717) is 13.0 Å². The van der Waals surface area contributed by atoms with E-state index in [1.54, 1.807) is 0 Å². The van der Waals surface area contributed by atoms with E-state index in [4.69, 9.17) is 5.11 Å². The van der Waals surface area contributed by atoms with Crippen LogP contribution in [0.15, 0.2) is 11.5 Å². The molecule has 0 aromatic carbocycles. The maximum absolute atomic E-state index is 12.2. The number of amides is 2. The lowest BCUT2D eigenvalue weighted by molar-refractivity contribution is -0.138. The van der Waals surface area contributed by atoms with Crippen LogP contribution in [0.4, 0.5) is 4.79 Å². The summed E-state index contributed by atoms with van der Waals surface area (Å²) < 4.78 is 22.6. The van der Waals surface area contributed by atoms with Crippen LogP contribution in [0.5, 0.6) is 0 Å². The summed E-state index contributed by atoms with van der Waals surface area (Å²) in [6.07, 6.45) is 3.77. The number of aliphatic carboxylic acids is 1. The number of piperidine rings is 1. The molecule has 0 aliphatic carbocycles. The standard InChI is InChI=1S/C12H18N2O5S/c15-11(16)7-10-3-1-2-5-14(10)12(17)13-9-4-6-20(18,19)8-9/h4,6,9-10H,1-3,5,7-8H2,(H,13,17)(H,15,16). The van der Waals surface area contributed by atoms with Crippen molar-refractivity contribution in [2.75, 3.05) is 12.3 Å². The van der Waals surface area contributed by atoms with Crippen LogP contribution in [-0.2, 0) is 14.6 Å². The minimum absolute atomic E-state index is 0.0772. The molecule has 0 spiro atoms. The highest BCUT2D eigenvalue weighted by Crippen LogP contribution is 2.20. The Morgan fingerprint density at radius 2 is 2.10 bits per heavy atom.